The topological polar surface area (TPSA) is 85.1 Å². The van der Waals surface area contributed by atoms with Gasteiger partial charge < -0.3 is 0 Å². The van der Waals surface area contributed by atoms with Crippen molar-refractivity contribution in [1.82, 2.24) is 4.98 Å². The molecule has 0 saturated heterocycles. The van der Waals surface area contributed by atoms with E-state index in [-0.39, 0.29) is 16.3 Å². The molecule has 10 heteroatoms. The van der Waals surface area contributed by atoms with E-state index in [9.17, 15) is 14.9 Å². The lowest BCUT2D eigenvalue weighted by atomic mass is 10.2. The van der Waals surface area contributed by atoms with Crippen molar-refractivity contribution in [1.29, 1.82) is 0 Å². The van der Waals surface area contributed by atoms with Gasteiger partial charge in [-0.1, -0.05) is 34.8 Å². The van der Waals surface area contributed by atoms with Gasteiger partial charge in [0.15, 0.2) is 5.13 Å². The Morgan fingerprint density at radius 2 is 1.88 bits per heavy atom. The summed E-state index contributed by atoms with van der Waals surface area (Å²) in [6.07, 6.45) is 0. The third-order valence-corrected chi connectivity index (χ3v) is 4.97. The number of nitrogens with zero attached hydrogens (tertiary/aromatic N) is 2. The Morgan fingerprint density at radius 3 is 2.58 bits per heavy atom. The minimum absolute atomic E-state index is 0.0119. The zero-order chi connectivity index (χ0) is 18.8. The number of benzene rings is 2. The van der Waals surface area contributed by atoms with Gasteiger partial charge in [-0.15, -0.1) is 11.3 Å². The van der Waals surface area contributed by atoms with E-state index < -0.39 is 10.8 Å². The maximum absolute atomic E-state index is 12.4. The number of nitrogens with one attached hydrogen (secondary N) is 1. The highest BCUT2D eigenvalue weighted by molar-refractivity contribution is 7.14. The summed E-state index contributed by atoms with van der Waals surface area (Å²) in [5.74, 6) is -0.596. The van der Waals surface area contributed by atoms with Crippen molar-refractivity contribution in [2.24, 2.45) is 0 Å². The van der Waals surface area contributed by atoms with Crippen molar-refractivity contribution in [2.45, 2.75) is 0 Å². The van der Waals surface area contributed by atoms with Crippen LogP contribution in [0.2, 0.25) is 15.1 Å². The van der Waals surface area contributed by atoms with Crippen LogP contribution in [-0.2, 0) is 0 Å². The number of carbonyl (C=O) groups is 1. The second-order valence-corrected chi connectivity index (χ2v) is 7.15. The van der Waals surface area contributed by atoms with Crippen molar-refractivity contribution in [3.8, 4) is 11.3 Å². The number of halogens is 3. The predicted octanol–water partition coefficient (Wildman–Crippen LogP) is 5.93. The van der Waals surface area contributed by atoms with Crippen molar-refractivity contribution < 1.29 is 9.72 Å². The minimum Gasteiger partial charge on any atom is -0.298 e. The molecule has 0 aliphatic heterocycles. The van der Waals surface area contributed by atoms with Gasteiger partial charge in [0.25, 0.3) is 11.6 Å². The van der Waals surface area contributed by atoms with E-state index in [1.54, 1.807) is 23.6 Å². The number of nitro groups is 1. The molecule has 0 atom stereocenters. The summed E-state index contributed by atoms with van der Waals surface area (Å²) in [7, 11) is 0. The minimum atomic E-state index is -0.600. The van der Waals surface area contributed by atoms with E-state index in [2.05, 4.69) is 10.3 Å². The lowest BCUT2D eigenvalue weighted by molar-refractivity contribution is -0.384. The SMILES string of the molecule is O=C(Nc1nc(-c2ccc(Cl)cc2Cl)cs1)c1cc([N+](=O)[O-])ccc1Cl. The number of non-ortho nitro benzene ring substituents is 1. The van der Waals surface area contributed by atoms with Crippen LogP contribution in [0.25, 0.3) is 11.3 Å². The Balaban J connectivity index is 1.84. The normalized spacial score (nSPS) is 10.6. The monoisotopic (exact) mass is 427 g/mol. The second kappa shape index (κ2) is 7.59. The van der Waals surface area contributed by atoms with Crippen LogP contribution in [0, 0.1) is 10.1 Å². The highest BCUT2D eigenvalue weighted by Crippen LogP contribution is 2.32. The maximum Gasteiger partial charge on any atom is 0.270 e. The average Bonchev–Trinajstić information content (AvgIpc) is 3.03. The molecule has 0 radical (unpaired) electrons. The van der Waals surface area contributed by atoms with Crippen LogP contribution in [0.1, 0.15) is 10.4 Å². The number of anilines is 1. The summed E-state index contributed by atoms with van der Waals surface area (Å²) >= 11 is 19.2. The molecule has 2 aromatic carbocycles. The van der Waals surface area contributed by atoms with Crippen LogP contribution in [0.15, 0.2) is 41.8 Å². The van der Waals surface area contributed by atoms with Crippen LogP contribution in [0.5, 0.6) is 0 Å². The van der Waals surface area contributed by atoms with Gasteiger partial charge in [0, 0.05) is 28.1 Å². The molecule has 3 rings (SSSR count). The number of aromatic nitrogens is 1. The van der Waals surface area contributed by atoms with E-state index in [0.717, 1.165) is 6.07 Å². The van der Waals surface area contributed by atoms with Crippen LogP contribution in [-0.4, -0.2) is 15.8 Å². The van der Waals surface area contributed by atoms with Gasteiger partial charge in [-0.3, -0.25) is 20.2 Å². The lowest BCUT2D eigenvalue weighted by Gasteiger charge is -2.04. The summed E-state index contributed by atoms with van der Waals surface area (Å²) in [5, 5.41) is 16.5. The largest absolute Gasteiger partial charge is 0.298 e. The first-order valence-corrected chi connectivity index (χ1v) is 9.03. The molecular weight excluding hydrogens is 421 g/mol. The summed E-state index contributed by atoms with van der Waals surface area (Å²) in [4.78, 5) is 26.9. The Labute approximate surface area is 166 Å². The first-order valence-electron chi connectivity index (χ1n) is 7.01. The average molecular weight is 429 g/mol. The smallest absolute Gasteiger partial charge is 0.270 e. The Kier molecular flexibility index (Phi) is 5.43. The zero-order valence-electron chi connectivity index (χ0n) is 12.7. The third-order valence-electron chi connectivity index (χ3n) is 3.34. The molecule has 3 aromatic rings. The van der Waals surface area contributed by atoms with E-state index in [0.29, 0.717) is 26.4 Å². The Hall–Kier alpha value is -2.19. The van der Waals surface area contributed by atoms with Gasteiger partial charge >= 0.3 is 0 Å². The first kappa shape index (κ1) is 18.6. The van der Waals surface area contributed by atoms with Crippen LogP contribution in [0.4, 0.5) is 10.8 Å². The molecule has 1 amide bonds. The van der Waals surface area contributed by atoms with Crippen LogP contribution < -0.4 is 5.32 Å². The van der Waals surface area contributed by atoms with E-state index in [1.807, 2.05) is 0 Å². The third kappa shape index (κ3) is 3.96. The molecule has 0 unspecified atom stereocenters. The molecule has 0 aliphatic carbocycles. The molecule has 0 aliphatic rings. The van der Waals surface area contributed by atoms with Gasteiger partial charge in [-0.05, 0) is 24.3 Å². The number of rotatable bonds is 4. The highest BCUT2D eigenvalue weighted by Gasteiger charge is 2.17. The van der Waals surface area contributed by atoms with Crippen LogP contribution >= 0.6 is 46.1 Å². The van der Waals surface area contributed by atoms with Gasteiger partial charge in [0.05, 0.1) is 26.2 Å². The number of nitro benzene ring substituents is 1. The van der Waals surface area contributed by atoms with Crippen molar-refractivity contribution in [2.75, 3.05) is 5.32 Å². The summed E-state index contributed by atoms with van der Waals surface area (Å²) in [6, 6.07) is 8.64. The van der Waals surface area contributed by atoms with Gasteiger partial charge in [0.2, 0.25) is 0 Å². The quantitative estimate of drug-likeness (QED) is 0.412. The number of amides is 1. The fourth-order valence-electron chi connectivity index (χ4n) is 2.12. The van der Waals surface area contributed by atoms with Gasteiger partial charge in [-0.2, -0.15) is 0 Å². The molecule has 1 heterocycles. The lowest BCUT2D eigenvalue weighted by Crippen LogP contribution is -2.12. The van der Waals surface area contributed by atoms with E-state index in [1.165, 1.54) is 23.5 Å². The molecule has 0 bridgehead atoms. The number of hydrogen-bond acceptors (Lipinski definition) is 5. The molecule has 6 nitrogen and oxygen atoms in total. The molecule has 132 valence electrons. The van der Waals surface area contributed by atoms with Crippen molar-refractivity contribution >= 4 is 62.9 Å². The predicted molar refractivity (Wildman–Crippen MR) is 104 cm³/mol. The number of hydrogen-bond donors (Lipinski definition) is 1. The van der Waals surface area contributed by atoms with Crippen LogP contribution in [0.3, 0.4) is 0 Å². The zero-order valence-corrected chi connectivity index (χ0v) is 15.8. The first-order chi connectivity index (χ1) is 12.3. The fourth-order valence-corrected chi connectivity index (χ4v) is 3.53. The highest BCUT2D eigenvalue weighted by atomic mass is 35.5. The molecule has 0 fully saturated rings. The standard InChI is InChI=1S/C16H8Cl3N3O3S/c17-8-1-3-10(13(19)5-8)14-7-26-16(20-14)21-15(23)11-6-9(22(24)25)2-4-12(11)18/h1-7H,(H,20,21,23). The van der Waals surface area contributed by atoms with Crippen molar-refractivity contribution in [3.05, 3.63) is 72.5 Å². The summed E-state index contributed by atoms with van der Waals surface area (Å²) in [5.41, 5.74) is 0.993. The van der Waals surface area contributed by atoms with E-state index in [4.69, 9.17) is 34.8 Å². The molecule has 1 N–H and O–H groups in total. The number of carbonyl (C=O) groups excluding carboxylic acids is 1. The van der Waals surface area contributed by atoms with Gasteiger partial charge in [-0.25, -0.2) is 4.98 Å². The number of thiazole rings is 1. The van der Waals surface area contributed by atoms with E-state index >= 15 is 0 Å². The Morgan fingerprint density at radius 1 is 1.12 bits per heavy atom. The van der Waals surface area contributed by atoms with Gasteiger partial charge in [0.1, 0.15) is 0 Å². The summed E-state index contributed by atoms with van der Waals surface area (Å²) in [6.45, 7) is 0. The summed E-state index contributed by atoms with van der Waals surface area (Å²) < 4.78 is 0. The molecule has 0 saturated carbocycles. The molecule has 0 spiro atoms. The molecule has 1 aromatic heterocycles. The fraction of sp³-hybridized carbons (Fsp3) is 0. The molecule has 26 heavy (non-hydrogen) atoms. The molecular formula is C16H8Cl3N3O3S. The second-order valence-electron chi connectivity index (χ2n) is 5.04. The Bertz CT molecular complexity index is 1020. The maximum atomic E-state index is 12.4. The van der Waals surface area contributed by atoms with Crippen molar-refractivity contribution in [3.63, 3.8) is 0 Å².